The molecule has 0 saturated heterocycles. The summed E-state index contributed by atoms with van der Waals surface area (Å²) < 4.78 is 55.6. The molecule has 4 unspecified atom stereocenters. The first-order valence-electron chi connectivity index (χ1n) is 10.7. The first-order valence-corrected chi connectivity index (χ1v) is 10.7. The highest BCUT2D eigenvalue weighted by Crippen LogP contribution is 2.48. The number of unbranched alkanes of at least 4 members (excludes halogenated alkanes) is 1. The minimum atomic E-state index is -1.61. The molecule has 0 aromatic heterocycles. The van der Waals surface area contributed by atoms with E-state index < -0.39 is 28.7 Å². The zero-order chi connectivity index (χ0) is 19.8. The molecule has 0 aliphatic heterocycles. The van der Waals surface area contributed by atoms with Gasteiger partial charge in [-0.05, 0) is 78.9 Å². The van der Waals surface area contributed by atoms with E-state index in [9.17, 15) is 17.6 Å². The fourth-order valence-electron chi connectivity index (χ4n) is 5.69. The molecule has 2 saturated carbocycles. The molecule has 2 aliphatic rings. The first kappa shape index (κ1) is 19.7. The lowest BCUT2D eigenvalue weighted by atomic mass is 9.63. The fourth-order valence-corrected chi connectivity index (χ4v) is 5.69. The van der Waals surface area contributed by atoms with Gasteiger partial charge in [0, 0.05) is 0 Å². The largest absolute Gasteiger partial charge is 0.206 e. The molecule has 2 aromatic rings. The van der Waals surface area contributed by atoms with Crippen LogP contribution in [-0.2, 0) is 0 Å². The molecule has 2 fully saturated rings. The van der Waals surface area contributed by atoms with Gasteiger partial charge >= 0.3 is 0 Å². The number of benzene rings is 2. The Kier molecular flexibility index (Phi) is 5.66. The Morgan fingerprint density at radius 3 is 2.36 bits per heavy atom. The quantitative estimate of drug-likeness (QED) is 0.367. The van der Waals surface area contributed by atoms with Crippen molar-refractivity contribution in [2.45, 2.75) is 70.6 Å². The monoisotopic (exact) mass is 392 g/mol. The molecule has 0 radical (unpaired) electrons. The van der Waals surface area contributed by atoms with Gasteiger partial charge in [0.1, 0.15) is 5.82 Å². The summed E-state index contributed by atoms with van der Waals surface area (Å²) >= 11 is 0. The van der Waals surface area contributed by atoms with E-state index in [1.807, 2.05) is 0 Å². The van der Waals surface area contributed by atoms with Gasteiger partial charge in [0.2, 0.25) is 0 Å². The second-order valence-corrected chi connectivity index (χ2v) is 8.94. The third-order valence-corrected chi connectivity index (χ3v) is 7.21. The Balaban J connectivity index is 1.53. The summed E-state index contributed by atoms with van der Waals surface area (Å²) in [6.45, 7) is 2.24. The van der Waals surface area contributed by atoms with E-state index in [1.54, 1.807) is 6.07 Å². The SMILES string of the molecule is CCCCC1CCC2CC(c3cc(F)c4c(F)c(F)c(F)cc4c3)CCC2C1. The molecule has 0 bridgehead atoms. The maximum atomic E-state index is 14.5. The van der Waals surface area contributed by atoms with E-state index in [0.717, 1.165) is 42.7 Å². The molecular formula is C24H28F4. The molecule has 0 N–H and O–H groups in total. The average molecular weight is 392 g/mol. The summed E-state index contributed by atoms with van der Waals surface area (Å²) in [5.74, 6) is -2.61. The van der Waals surface area contributed by atoms with Crippen LogP contribution < -0.4 is 0 Å². The van der Waals surface area contributed by atoms with E-state index in [2.05, 4.69) is 6.92 Å². The van der Waals surface area contributed by atoms with Crippen LogP contribution in [-0.4, -0.2) is 0 Å². The van der Waals surface area contributed by atoms with Crippen molar-refractivity contribution < 1.29 is 17.6 Å². The molecule has 0 amide bonds. The molecule has 2 aromatic carbocycles. The molecule has 0 heterocycles. The number of hydrogen-bond acceptors (Lipinski definition) is 0. The summed E-state index contributed by atoms with van der Waals surface area (Å²) in [4.78, 5) is 0. The van der Waals surface area contributed by atoms with Crippen molar-refractivity contribution >= 4 is 10.8 Å². The Hall–Kier alpha value is -1.58. The summed E-state index contributed by atoms with van der Waals surface area (Å²) in [5, 5.41) is -0.343. The van der Waals surface area contributed by atoms with Crippen LogP contribution in [0.2, 0.25) is 0 Å². The van der Waals surface area contributed by atoms with Crippen molar-refractivity contribution in [2.75, 3.05) is 0 Å². The second-order valence-electron chi connectivity index (χ2n) is 8.94. The van der Waals surface area contributed by atoms with E-state index in [-0.39, 0.29) is 11.3 Å². The number of halogens is 4. The molecular weight excluding hydrogens is 364 g/mol. The van der Waals surface area contributed by atoms with Gasteiger partial charge in [0.25, 0.3) is 0 Å². The first-order chi connectivity index (χ1) is 13.5. The molecule has 4 heteroatoms. The van der Waals surface area contributed by atoms with Gasteiger partial charge in [-0.25, -0.2) is 17.6 Å². The van der Waals surface area contributed by atoms with Gasteiger partial charge in [0.15, 0.2) is 17.5 Å². The van der Waals surface area contributed by atoms with Crippen LogP contribution in [0.4, 0.5) is 17.6 Å². The fraction of sp³-hybridized carbons (Fsp3) is 0.583. The normalized spacial score (nSPS) is 27.8. The summed E-state index contributed by atoms with van der Waals surface area (Å²) in [7, 11) is 0. The van der Waals surface area contributed by atoms with Crippen molar-refractivity contribution in [2.24, 2.45) is 17.8 Å². The standard InChI is InChI=1S/C24H28F4/c1-2-3-4-14-5-6-16-10-17(8-7-15(16)9-14)18-11-19-13-21(26)23(27)24(28)22(19)20(25)12-18/h11-17H,2-10H2,1H3. The van der Waals surface area contributed by atoms with Crippen LogP contribution in [0, 0.1) is 41.0 Å². The van der Waals surface area contributed by atoms with Crippen molar-refractivity contribution in [3.8, 4) is 0 Å². The molecule has 0 nitrogen and oxygen atoms in total. The lowest BCUT2D eigenvalue weighted by Gasteiger charge is -2.42. The average Bonchev–Trinajstić information content (AvgIpc) is 2.69. The number of hydrogen-bond donors (Lipinski definition) is 0. The van der Waals surface area contributed by atoms with Crippen LogP contribution in [0.5, 0.6) is 0 Å². The third kappa shape index (κ3) is 3.67. The van der Waals surface area contributed by atoms with E-state index in [4.69, 9.17) is 0 Å². The molecule has 4 rings (SSSR count). The summed E-state index contributed by atoms with van der Waals surface area (Å²) in [5.41, 5.74) is 0.793. The van der Waals surface area contributed by atoms with Gasteiger partial charge in [-0.1, -0.05) is 38.7 Å². The van der Waals surface area contributed by atoms with Crippen molar-refractivity contribution in [3.63, 3.8) is 0 Å². The Labute approximate surface area is 164 Å². The van der Waals surface area contributed by atoms with Crippen molar-refractivity contribution in [3.05, 3.63) is 47.0 Å². The highest BCUT2D eigenvalue weighted by Gasteiger charge is 2.36. The molecule has 4 atom stereocenters. The minimum Gasteiger partial charge on any atom is -0.206 e. The van der Waals surface area contributed by atoms with Crippen LogP contribution in [0.1, 0.15) is 76.2 Å². The summed E-state index contributed by atoms with van der Waals surface area (Å²) in [6, 6.07) is 3.90. The topological polar surface area (TPSA) is 0 Å². The molecule has 0 spiro atoms. The van der Waals surface area contributed by atoms with Gasteiger partial charge in [-0.3, -0.25) is 0 Å². The Morgan fingerprint density at radius 1 is 0.821 bits per heavy atom. The van der Waals surface area contributed by atoms with Crippen molar-refractivity contribution in [1.82, 2.24) is 0 Å². The van der Waals surface area contributed by atoms with E-state index in [1.165, 1.54) is 44.6 Å². The zero-order valence-electron chi connectivity index (χ0n) is 16.4. The zero-order valence-corrected chi connectivity index (χ0v) is 16.4. The maximum Gasteiger partial charge on any atom is 0.195 e. The highest BCUT2D eigenvalue weighted by atomic mass is 19.2. The molecule has 152 valence electrons. The van der Waals surface area contributed by atoms with Gasteiger partial charge in [-0.2, -0.15) is 0 Å². The third-order valence-electron chi connectivity index (χ3n) is 7.21. The molecule has 28 heavy (non-hydrogen) atoms. The highest BCUT2D eigenvalue weighted by molar-refractivity contribution is 5.84. The second kappa shape index (κ2) is 8.04. The van der Waals surface area contributed by atoms with E-state index in [0.29, 0.717) is 5.92 Å². The van der Waals surface area contributed by atoms with Crippen LogP contribution >= 0.6 is 0 Å². The maximum absolute atomic E-state index is 14.5. The number of rotatable bonds is 4. The van der Waals surface area contributed by atoms with E-state index >= 15 is 0 Å². The molecule has 2 aliphatic carbocycles. The lowest BCUT2D eigenvalue weighted by Crippen LogP contribution is -2.30. The van der Waals surface area contributed by atoms with Gasteiger partial charge < -0.3 is 0 Å². The predicted octanol–water partition coefficient (Wildman–Crippen LogP) is 7.89. The predicted molar refractivity (Wildman–Crippen MR) is 104 cm³/mol. The lowest BCUT2D eigenvalue weighted by molar-refractivity contribution is 0.113. The minimum absolute atomic E-state index is 0.108. The van der Waals surface area contributed by atoms with Crippen LogP contribution in [0.25, 0.3) is 10.8 Å². The van der Waals surface area contributed by atoms with Crippen LogP contribution in [0.3, 0.4) is 0 Å². The summed E-state index contributed by atoms with van der Waals surface area (Å²) in [6.07, 6.45) is 10.9. The number of fused-ring (bicyclic) bond motifs is 2. The van der Waals surface area contributed by atoms with Crippen molar-refractivity contribution in [1.29, 1.82) is 0 Å². The van der Waals surface area contributed by atoms with Crippen LogP contribution in [0.15, 0.2) is 18.2 Å². The Bertz CT molecular complexity index is 860. The Morgan fingerprint density at radius 2 is 1.57 bits per heavy atom. The smallest absolute Gasteiger partial charge is 0.195 e. The van der Waals surface area contributed by atoms with Gasteiger partial charge in [0.05, 0.1) is 5.39 Å². The van der Waals surface area contributed by atoms with Gasteiger partial charge in [-0.15, -0.1) is 0 Å².